The van der Waals surface area contributed by atoms with E-state index in [2.05, 4.69) is 21.2 Å². The first-order valence-corrected chi connectivity index (χ1v) is 5.07. The van der Waals surface area contributed by atoms with Gasteiger partial charge < -0.3 is 10.4 Å². The van der Waals surface area contributed by atoms with Gasteiger partial charge in [0, 0.05) is 0 Å². The molecule has 2 nitrogen and oxygen atoms in total. The first kappa shape index (κ1) is 10.5. The third kappa shape index (κ3) is 2.71. The second kappa shape index (κ2) is 4.63. The second-order valence-corrected chi connectivity index (χ2v) is 3.95. The summed E-state index contributed by atoms with van der Waals surface area (Å²) in [4.78, 5) is 0. The van der Waals surface area contributed by atoms with Crippen molar-refractivity contribution in [3.8, 4) is 5.75 Å². The van der Waals surface area contributed by atoms with Crippen LogP contribution in [0.3, 0.4) is 0 Å². The van der Waals surface area contributed by atoms with E-state index in [-0.39, 0.29) is 0 Å². The van der Waals surface area contributed by atoms with Gasteiger partial charge in [-0.15, -0.1) is 0 Å². The van der Waals surface area contributed by atoms with Crippen LogP contribution in [-0.4, -0.2) is 18.7 Å². The molecule has 0 aliphatic rings. The van der Waals surface area contributed by atoms with Crippen LogP contribution in [0.15, 0.2) is 16.6 Å². The van der Waals surface area contributed by atoms with Crippen molar-refractivity contribution in [2.45, 2.75) is 13.3 Å². The van der Waals surface area contributed by atoms with Crippen LogP contribution in [-0.2, 0) is 6.42 Å². The second-order valence-electron chi connectivity index (χ2n) is 3.10. The molecule has 0 radical (unpaired) electrons. The van der Waals surface area contributed by atoms with Crippen molar-refractivity contribution >= 4 is 15.9 Å². The number of phenolic OH excluding ortho intramolecular Hbond substituents is 1. The number of likely N-dealkylation sites (N-methyl/N-ethyl adjacent to an activating group) is 1. The van der Waals surface area contributed by atoms with Crippen molar-refractivity contribution in [1.29, 1.82) is 0 Å². The summed E-state index contributed by atoms with van der Waals surface area (Å²) in [6.07, 6.45) is 0.982. The first-order valence-electron chi connectivity index (χ1n) is 4.27. The minimum absolute atomic E-state index is 0.341. The lowest BCUT2D eigenvalue weighted by Crippen LogP contribution is -2.10. The number of aryl methyl sites for hydroxylation is 1. The third-order valence-corrected chi connectivity index (χ3v) is 2.58. The predicted octanol–water partition coefficient (Wildman–Crippen LogP) is 2.23. The van der Waals surface area contributed by atoms with E-state index < -0.39 is 0 Å². The molecule has 0 aliphatic heterocycles. The summed E-state index contributed by atoms with van der Waals surface area (Å²) in [7, 11) is 1.93. The highest BCUT2D eigenvalue weighted by molar-refractivity contribution is 9.10. The van der Waals surface area contributed by atoms with E-state index in [1.807, 2.05) is 26.1 Å². The van der Waals surface area contributed by atoms with Crippen molar-refractivity contribution < 1.29 is 5.11 Å². The van der Waals surface area contributed by atoms with E-state index in [1.165, 1.54) is 5.56 Å². The normalized spacial score (nSPS) is 10.4. The molecule has 72 valence electrons. The Morgan fingerprint density at radius 3 is 2.69 bits per heavy atom. The maximum atomic E-state index is 9.49. The van der Waals surface area contributed by atoms with Gasteiger partial charge in [-0.3, -0.25) is 0 Å². The van der Waals surface area contributed by atoms with Gasteiger partial charge >= 0.3 is 0 Å². The van der Waals surface area contributed by atoms with Gasteiger partial charge in [-0.25, -0.2) is 0 Å². The monoisotopic (exact) mass is 243 g/mol. The quantitative estimate of drug-likeness (QED) is 0.854. The zero-order chi connectivity index (χ0) is 9.84. The zero-order valence-electron chi connectivity index (χ0n) is 7.89. The minimum atomic E-state index is 0.341. The summed E-state index contributed by atoms with van der Waals surface area (Å²) in [5.41, 5.74) is 2.15. The van der Waals surface area contributed by atoms with Crippen molar-refractivity contribution in [2.24, 2.45) is 0 Å². The number of rotatable bonds is 3. The highest BCUT2D eigenvalue weighted by Crippen LogP contribution is 2.28. The van der Waals surface area contributed by atoms with Gasteiger partial charge in [0.1, 0.15) is 5.75 Å². The van der Waals surface area contributed by atoms with Crippen LogP contribution in [0.2, 0.25) is 0 Å². The van der Waals surface area contributed by atoms with Crippen LogP contribution in [0.25, 0.3) is 0 Å². The fraction of sp³-hybridized carbons (Fsp3) is 0.400. The Bertz CT molecular complexity index is 276. The van der Waals surface area contributed by atoms with Gasteiger partial charge in [0.2, 0.25) is 0 Å². The standard InChI is InChI=1S/C10H14BrNO/c1-7-5-8(3-4-12-2)6-9(11)10(7)13/h5-6,12-13H,3-4H2,1-2H3. The number of hydrogen-bond acceptors (Lipinski definition) is 2. The van der Waals surface area contributed by atoms with Crippen molar-refractivity contribution in [3.05, 3.63) is 27.7 Å². The summed E-state index contributed by atoms with van der Waals surface area (Å²) in [5, 5.41) is 12.6. The Hall–Kier alpha value is -0.540. The molecule has 0 spiro atoms. The molecule has 13 heavy (non-hydrogen) atoms. The lowest BCUT2D eigenvalue weighted by atomic mass is 10.1. The van der Waals surface area contributed by atoms with Crippen LogP contribution in [0, 0.1) is 6.92 Å². The van der Waals surface area contributed by atoms with Crippen LogP contribution in [0.4, 0.5) is 0 Å². The Morgan fingerprint density at radius 2 is 2.15 bits per heavy atom. The average molecular weight is 244 g/mol. The van der Waals surface area contributed by atoms with Gasteiger partial charge in [0.05, 0.1) is 4.47 Å². The maximum Gasteiger partial charge on any atom is 0.132 e. The largest absolute Gasteiger partial charge is 0.506 e. The van der Waals surface area contributed by atoms with Crippen LogP contribution < -0.4 is 5.32 Å². The van der Waals surface area contributed by atoms with E-state index >= 15 is 0 Å². The summed E-state index contributed by atoms with van der Waals surface area (Å²) < 4.78 is 0.776. The molecule has 0 amide bonds. The number of phenols is 1. The molecule has 2 N–H and O–H groups in total. The fourth-order valence-electron chi connectivity index (χ4n) is 1.22. The molecule has 1 aromatic carbocycles. The van der Waals surface area contributed by atoms with Crippen LogP contribution in [0.1, 0.15) is 11.1 Å². The predicted molar refractivity (Wildman–Crippen MR) is 58.2 cm³/mol. The van der Waals surface area contributed by atoms with Crippen LogP contribution in [0.5, 0.6) is 5.75 Å². The van der Waals surface area contributed by atoms with Gasteiger partial charge in [-0.1, -0.05) is 6.07 Å². The van der Waals surface area contributed by atoms with Gasteiger partial charge in [-0.2, -0.15) is 0 Å². The average Bonchev–Trinajstić information content (AvgIpc) is 2.10. The Labute approximate surface area is 87.1 Å². The number of aromatic hydroxyl groups is 1. The SMILES string of the molecule is CNCCc1cc(C)c(O)c(Br)c1. The minimum Gasteiger partial charge on any atom is -0.506 e. The molecule has 0 saturated heterocycles. The van der Waals surface area contributed by atoms with Crippen molar-refractivity contribution in [3.63, 3.8) is 0 Å². The molecule has 0 saturated carbocycles. The molecule has 1 rings (SSSR count). The van der Waals surface area contributed by atoms with E-state index in [0.29, 0.717) is 5.75 Å². The number of nitrogens with one attached hydrogen (secondary N) is 1. The van der Waals surface area contributed by atoms with E-state index in [1.54, 1.807) is 0 Å². The van der Waals surface area contributed by atoms with E-state index in [4.69, 9.17) is 0 Å². The Morgan fingerprint density at radius 1 is 1.46 bits per heavy atom. The molecule has 3 heteroatoms. The fourth-order valence-corrected chi connectivity index (χ4v) is 1.83. The molecular formula is C10H14BrNO. The zero-order valence-corrected chi connectivity index (χ0v) is 9.48. The molecule has 0 atom stereocenters. The number of hydrogen-bond donors (Lipinski definition) is 2. The van der Waals surface area contributed by atoms with Gasteiger partial charge in [-0.05, 0) is 60.1 Å². The molecule has 0 fully saturated rings. The summed E-state index contributed by atoms with van der Waals surface area (Å²) in [5.74, 6) is 0.341. The first-order chi connectivity index (χ1) is 6.15. The molecule has 0 aliphatic carbocycles. The highest BCUT2D eigenvalue weighted by atomic mass is 79.9. The molecule has 0 bridgehead atoms. The number of halogens is 1. The summed E-state index contributed by atoms with van der Waals surface area (Å²) in [6, 6.07) is 3.97. The molecule has 0 heterocycles. The van der Waals surface area contributed by atoms with Crippen molar-refractivity contribution in [1.82, 2.24) is 5.32 Å². The molecular weight excluding hydrogens is 230 g/mol. The Kier molecular flexibility index (Phi) is 3.75. The lowest BCUT2D eigenvalue weighted by molar-refractivity contribution is 0.467. The van der Waals surface area contributed by atoms with Crippen molar-refractivity contribution in [2.75, 3.05) is 13.6 Å². The third-order valence-electron chi connectivity index (χ3n) is 1.98. The lowest BCUT2D eigenvalue weighted by Gasteiger charge is -2.06. The van der Waals surface area contributed by atoms with Gasteiger partial charge in [0.25, 0.3) is 0 Å². The molecule has 0 aromatic heterocycles. The summed E-state index contributed by atoms with van der Waals surface area (Å²) in [6.45, 7) is 2.86. The topological polar surface area (TPSA) is 32.3 Å². The number of benzene rings is 1. The molecule has 1 aromatic rings. The summed E-state index contributed by atoms with van der Waals surface area (Å²) >= 11 is 3.32. The Balaban J connectivity index is 2.86. The maximum absolute atomic E-state index is 9.49. The molecule has 0 unspecified atom stereocenters. The highest BCUT2D eigenvalue weighted by Gasteiger charge is 2.03. The van der Waals surface area contributed by atoms with Crippen LogP contribution >= 0.6 is 15.9 Å². The smallest absolute Gasteiger partial charge is 0.132 e. The van der Waals surface area contributed by atoms with E-state index in [9.17, 15) is 5.11 Å². The van der Waals surface area contributed by atoms with Gasteiger partial charge in [0.15, 0.2) is 0 Å². The van der Waals surface area contributed by atoms with E-state index in [0.717, 1.165) is 23.0 Å².